The second-order valence-corrected chi connectivity index (χ2v) is 5.73. The number of hydrogen-bond donors (Lipinski definition) is 3. The molecule has 21 heavy (non-hydrogen) atoms. The number of amides is 2. The Morgan fingerprint density at radius 1 is 1.10 bits per heavy atom. The minimum absolute atomic E-state index is 0.0213. The highest BCUT2D eigenvalue weighted by molar-refractivity contribution is 5.94. The van der Waals surface area contributed by atoms with Crippen LogP contribution in [-0.4, -0.2) is 29.9 Å². The molecule has 2 aliphatic rings. The van der Waals surface area contributed by atoms with Crippen molar-refractivity contribution in [1.82, 2.24) is 10.3 Å². The van der Waals surface area contributed by atoms with Gasteiger partial charge in [-0.2, -0.15) is 0 Å². The molecule has 1 aliphatic heterocycles. The number of carbonyl (C=O) groups excluding carboxylic acids is 2. The fourth-order valence-corrected chi connectivity index (χ4v) is 2.44. The maximum atomic E-state index is 12.1. The zero-order valence-corrected chi connectivity index (χ0v) is 11.9. The van der Waals surface area contributed by atoms with Crippen molar-refractivity contribution in [3.05, 3.63) is 18.3 Å². The predicted octanol–water partition coefficient (Wildman–Crippen LogP) is 1.37. The lowest BCUT2D eigenvalue weighted by atomic mass is 9.99. The Hall–Kier alpha value is -1.95. The molecule has 0 spiro atoms. The van der Waals surface area contributed by atoms with Crippen LogP contribution in [-0.2, 0) is 9.59 Å². The van der Waals surface area contributed by atoms with Crippen LogP contribution in [0.5, 0.6) is 0 Å². The summed E-state index contributed by atoms with van der Waals surface area (Å²) in [6.07, 6.45) is 5.46. The van der Waals surface area contributed by atoms with Crippen LogP contribution >= 0.6 is 0 Å². The summed E-state index contributed by atoms with van der Waals surface area (Å²) < 4.78 is 0. The molecule has 2 heterocycles. The van der Waals surface area contributed by atoms with Gasteiger partial charge in [-0.05, 0) is 44.4 Å². The smallest absolute Gasteiger partial charge is 0.228 e. The van der Waals surface area contributed by atoms with Crippen molar-refractivity contribution in [2.45, 2.75) is 25.7 Å². The van der Waals surface area contributed by atoms with Crippen molar-refractivity contribution in [2.75, 3.05) is 23.7 Å². The molecule has 0 radical (unpaired) electrons. The van der Waals surface area contributed by atoms with Crippen LogP contribution in [0, 0.1) is 11.8 Å². The van der Waals surface area contributed by atoms with Crippen molar-refractivity contribution in [2.24, 2.45) is 11.8 Å². The van der Waals surface area contributed by atoms with Crippen LogP contribution in [0.15, 0.2) is 18.3 Å². The topological polar surface area (TPSA) is 83.1 Å². The molecule has 1 atom stereocenters. The number of rotatable bonds is 4. The number of nitrogens with one attached hydrogen (secondary N) is 3. The lowest BCUT2D eigenvalue weighted by molar-refractivity contribution is -0.120. The minimum atomic E-state index is 0.0213. The molecule has 0 aromatic carbocycles. The molecule has 3 N–H and O–H groups in total. The summed E-state index contributed by atoms with van der Waals surface area (Å²) in [5.41, 5.74) is 0.662. The molecule has 3 rings (SSSR count). The maximum absolute atomic E-state index is 12.1. The lowest BCUT2D eigenvalue weighted by Crippen LogP contribution is -2.37. The zero-order valence-electron chi connectivity index (χ0n) is 11.9. The van der Waals surface area contributed by atoms with Gasteiger partial charge in [0, 0.05) is 12.5 Å². The Kier molecular flexibility index (Phi) is 4.15. The highest BCUT2D eigenvalue weighted by Gasteiger charge is 2.29. The fourth-order valence-electron chi connectivity index (χ4n) is 2.44. The fraction of sp³-hybridized carbons (Fsp3) is 0.533. The van der Waals surface area contributed by atoms with Gasteiger partial charge in [0.2, 0.25) is 11.8 Å². The summed E-state index contributed by atoms with van der Waals surface area (Å²) in [6, 6.07) is 3.48. The molecule has 1 aromatic heterocycles. The third-order valence-electron chi connectivity index (χ3n) is 3.90. The average Bonchev–Trinajstić information content (AvgIpc) is 3.35. The molecule has 1 aliphatic carbocycles. The standard InChI is InChI=1S/C15H20N4O2/c20-14(10-3-4-10)19-13-6-5-12(9-17-13)18-15(21)11-2-1-7-16-8-11/h5-6,9-11,16H,1-4,7-8H2,(H,18,21)(H,17,19,20). The van der Waals surface area contributed by atoms with Gasteiger partial charge in [-0.3, -0.25) is 9.59 Å². The van der Waals surface area contributed by atoms with Gasteiger partial charge in [0.05, 0.1) is 17.8 Å². The SMILES string of the molecule is O=C(Nc1ccc(NC(=O)C2CC2)nc1)C1CCCNC1. The second-order valence-electron chi connectivity index (χ2n) is 5.73. The van der Waals surface area contributed by atoms with E-state index in [2.05, 4.69) is 20.9 Å². The monoisotopic (exact) mass is 288 g/mol. The summed E-state index contributed by atoms with van der Waals surface area (Å²) in [5, 5.41) is 8.87. The first kappa shape index (κ1) is 14.0. The van der Waals surface area contributed by atoms with Gasteiger partial charge in [-0.15, -0.1) is 0 Å². The van der Waals surface area contributed by atoms with Crippen molar-refractivity contribution in [3.63, 3.8) is 0 Å². The van der Waals surface area contributed by atoms with E-state index in [4.69, 9.17) is 0 Å². The van der Waals surface area contributed by atoms with E-state index in [-0.39, 0.29) is 23.7 Å². The predicted molar refractivity (Wildman–Crippen MR) is 79.8 cm³/mol. The van der Waals surface area contributed by atoms with Crippen LogP contribution in [0.2, 0.25) is 0 Å². The van der Waals surface area contributed by atoms with E-state index in [1.165, 1.54) is 0 Å². The van der Waals surface area contributed by atoms with Gasteiger partial charge in [0.25, 0.3) is 0 Å². The molecule has 0 bridgehead atoms. The van der Waals surface area contributed by atoms with E-state index in [0.717, 1.165) is 38.8 Å². The molecule has 1 unspecified atom stereocenters. The lowest BCUT2D eigenvalue weighted by Gasteiger charge is -2.21. The molecule has 6 heteroatoms. The highest BCUT2D eigenvalue weighted by Crippen LogP contribution is 2.30. The molecule has 1 saturated heterocycles. The first-order valence-electron chi connectivity index (χ1n) is 7.51. The largest absolute Gasteiger partial charge is 0.324 e. The zero-order chi connectivity index (χ0) is 14.7. The van der Waals surface area contributed by atoms with E-state index < -0.39 is 0 Å². The van der Waals surface area contributed by atoms with Crippen molar-refractivity contribution < 1.29 is 9.59 Å². The summed E-state index contributed by atoms with van der Waals surface area (Å²) >= 11 is 0. The van der Waals surface area contributed by atoms with E-state index in [9.17, 15) is 9.59 Å². The number of anilines is 2. The molecule has 6 nitrogen and oxygen atoms in total. The van der Waals surface area contributed by atoms with Crippen LogP contribution in [0.3, 0.4) is 0 Å². The number of hydrogen-bond acceptors (Lipinski definition) is 4. The highest BCUT2D eigenvalue weighted by atomic mass is 16.2. The normalized spacial score (nSPS) is 21.6. The first-order valence-corrected chi connectivity index (χ1v) is 7.51. The number of carbonyl (C=O) groups is 2. The average molecular weight is 288 g/mol. The van der Waals surface area contributed by atoms with E-state index in [1.54, 1.807) is 18.3 Å². The van der Waals surface area contributed by atoms with Crippen molar-refractivity contribution >= 4 is 23.3 Å². The molecule has 2 amide bonds. The maximum Gasteiger partial charge on any atom is 0.228 e. The molecular formula is C15H20N4O2. The molecule has 1 aromatic rings. The Labute approximate surface area is 123 Å². The quantitative estimate of drug-likeness (QED) is 0.781. The molecule has 1 saturated carbocycles. The number of piperidine rings is 1. The third-order valence-corrected chi connectivity index (χ3v) is 3.90. The molecular weight excluding hydrogens is 268 g/mol. The first-order chi connectivity index (χ1) is 10.2. The van der Waals surface area contributed by atoms with Crippen LogP contribution in [0.1, 0.15) is 25.7 Å². The van der Waals surface area contributed by atoms with Crippen molar-refractivity contribution in [1.29, 1.82) is 0 Å². The summed E-state index contributed by atoms with van der Waals surface area (Å²) in [7, 11) is 0. The van der Waals surface area contributed by atoms with Gasteiger partial charge in [0.1, 0.15) is 5.82 Å². The van der Waals surface area contributed by atoms with Gasteiger partial charge in [0.15, 0.2) is 0 Å². The van der Waals surface area contributed by atoms with Crippen LogP contribution < -0.4 is 16.0 Å². The summed E-state index contributed by atoms with van der Waals surface area (Å²) in [6.45, 7) is 1.72. The Bertz CT molecular complexity index is 519. The van der Waals surface area contributed by atoms with E-state index >= 15 is 0 Å². The van der Waals surface area contributed by atoms with Crippen LogP contribution in [0.4, 0.5) is 11.5 Å². The number of nitrogens with zero attached hydrogens (tertiary/aromatic N) is 1. The number of aromatic nitrogens is 1. The number of pyridine rings is 1. The molecule has 112 valence electrons. The van der Waals surface area contributed by atoms with Gasteiger partial charge >= 0.3 is 0 Å². The Balaban J connectivity index is 1.53. The summed E-state index contributed by atoms with van der Waals surface area (Å²) in [5.74, 6) is 0.772. The van der Waals surface area contributed by atoms with E-state index in [0.29, 0.717) is 11.5 Å². The Morgan fingerprint density at radius 2 is 1.90 bits per heavy atom. The Morgan fingerprint density at radius 3 is 2.52 bits per heavy atom. The third kappa shape index (κ3) is 3.78. The summed E-state index contributed by atoms with van der Waals surface area (Å²) in [4.78, 5) is 27.9. The van der Waals surface area contributed by atoms with Gasteiger partial charge in [-0.25, -0.2) is 4.98 Å². The van der Waals surface area contributed by atoms with Gasteiger partial charge in [-0.1, -0.05) is 0 Å². The van der Waals surface area contributed by atoms with E-state index in [1.807, 2.05) is 0 Å². The van der Waals surface area contributed by atoms with Gasteiger partial charge < -0.3 is 16.0 Å². The molecule has 2 fully saturated rings. The van der Waals surface area contributed by atoms with Crippen LogP contribution in [0.25, 0.3) is 0 Å². The van der Waals surface area contributed by atoms with Crippen molar-refractivity contribution in [3.8, 4) is 0 Å². The second kappa shape index (κ2) is 6.22. The minimum Gasteiger partial charge on any atom is -0.324 e.